The Hall–Kier alpha value is -0.290. The third kappa shape index (κ3) is 2.88. The Morgan fingerprint density at radius 1 is 1.00 bits per heavy atom. The largest absolute Gasteiger partial charge is 0.401 e. The zero-order valence-corrected chi connectivity index (χ0v) is 9.63. The second-order valence-electron chi connectivity index (χ2n) is 5.09. The molecule has 0 aliphatic carbocycles. The van der Waals surface area contributed by atoms with Crippen LogP contribution in [0.15, 0.2) is 0 Å². The van der Waals surface area contributed by atoms with Crippen molar-refractivity contribution in [3.63, 3.8) is 0 Å². The lowest BCUT2D eigenvalue weighted by molar-refractivity contribution is -0.144. The van der Waals surface area contributed by atoms with Gasteiger partial charge in [0.25, 0.3) is 0 Å². The number of hydrogen-bond acceptors (Lipinski definition) is 2. The molecule has 0 aromatic rings. The predicted molar refractivity (Wildman–Crippen MR) is 56.2 cm³/mol. The van der Waals surface area contributed by atoms with E-state index in [1.807, 2.05) is 0 Å². The summed E-state index contributed by atoms with van der Waals surface area (Å²) >= 11 is 0. The summed E-state index contributed by atoms with van der Waals surface area (Å²) in [6, 6.07) is 0. The molecule has 2 rings (SSSR count). The number of nitrogens with zero attached hydrogens (tertiary/aromatic N) is 2. The molecule has 0 radical (unpaired) electrons. The third-order valence-corrected chi connectivity index (χ3v) is 3.58. The lowest BCUT2D eigenvalue weighted by Gasteiger charge is -2.21. The lowest BCUT2D eigenvalue weighted by atomic mass is 10.0. The van der Waals surface area contributed by atoms with E-state index in [4.69, 9.17) is 0 Å². The van der Waals surface area contributed by atoms with Crippen LogP contribution in [0.2, 0.25) is 0 Å². The van der Waals surface area contributed by atoms with Crippen molar-refractivity contribution >= 4 is 0 Å². The fourth-order valence-electron chi connectivity index (χ4n) is 3.07. The Labute approximate surface area is 94.4 Å². The summed E-state index contributed by atoms with van der Waals surface area (Å²) in [6.45, 7) is 5.75. The highest BCUT2D eigenvalue weighted by Gasteiger charge is 2.42. The van der Waals surface area contributed by atoms with Gasteiger partial charge in [-0.15, -0.1) is 0 Å². The molecule has 2 nitrogen and oxygen atoms in total. The normalized spacial score (nSPS) is 32.2. The van der Waals surface area contributed by atoms with Crippen LogP contribution in [0.4, 0.5) is 13.2 Å². The molecule has 0 bridgehead atoms. The molecule has 2 aliphatic rings. The molecule has 2 aliphatic heterocycles. The maximum absolute atomic E-state index is 12.2. The van der Waals surface area contributed by atoms with E-state index >= 15 is 0 Å². The highest BCUT2D eigenvalue weighted by Crippen LogP contribution is 2.32. The van der Waals surface area contributed by atoms with Gasteiger partial charge >= 0.3 is 6.18 Å². The van der Waals surface area contributed by atoms with Crippen LogP contribution >= 0.6 is 0 Å². The van der Waals surface area contributed by atoms with Gasteiger partial charge in [0.15, 0.2) is 0 Å². The van der Waals surface area contributed by atoms with E-state index in [0.29, 0.717) is 24.9 Å². The Balaban J connectivity index is 1.80. The van der Waals surface area contributed by atoms with E-state index in [1.54, 1.807) is 4.90 Å². The van der Waals surface area contributed by atoms with Gasteiger partial charge in [0.1, 0.15) is 0 Å². The minimum Gasteiger partial charge on any atom is -0.303 e. The van der Waals surface area contributed by atoms with Gasteiger partial charge in [-0.25, -0.2) is 0 Å². The van der Waals surface area contributed by atoms with E-state index in [9.17, 15) is 13.2 Å². The van der Waals surface area contributed by atoms with Crippen molar-refractivity contribution in [2.24, 2.45) is 11.8 Å². The quantitative estimate of drug-likeness (QED) is 0.737. The van der Waals surface area contributed by atoms with Crippen molar-refractivity contribution in [2.45, 2.75) is 19.5 Å². The highest BCUT2D eigenvalue weighted by molar-refractivity contribution is 4.93. The first-order valence-electron chi connectivity index (χ1n) is 5.99. The van der Waals surface area contributed by atoms with Crippen LogP contribution in [0, 0.1) is 11.8 Å². The van der Waals surface area contributed by atoms with Crippen molar-refractivity contribution in [1.29, 1.82) is 0 Å². The van der Waals surface area contributed by atoms with Crippen LogP contribution in [0.1, 0.15) is 13.3 Å². The summed E-state index contributed by atoms with van der Waals surface area (Å²) in [5.74, 6) is 0.933. The van der Waals surface area contributed by atoms with E-state index in [-0.39, 0.29) is 0 Å². The Kier molecular flexibility index (Phi) is 3.45. The average Bonchev–Trinajstić information content (AvgIpc) is 2.58. The van der Waals surface area contributed by atoms with E-state index < -0.39 is 12.7 Å². The molecule has 0 spiro atoms. The first kappa shape index (κ1) is 12.2. The summed E-state index contributed by atoms with van der Waals surface area (Å²) in [6.07, 6.45) is -2.91. The van der Waals surface area contributed by atoms with E-state index in [0.717, 1.165) is 26.1 Å². The molecular formula is C11H19F3N2. The second kappa shape index (κ2) is 4.53. The first-order valence-corrected chi connectivity index (χ1v) is 5.99. The van der Waals surface area contributed by atoms with Gasteiger partial charge in [0.05, 0.1) is 6.54 Å². The predicted octanol–water partition coefficient (Wildman–Crippen LogP) is 1.82. The van der Waals surface area contributed by atoms with E-state index in [2.05, 4.69) is 11.8 Å². The van der Waals surface area contributed by atoms with Crippen molar-refractivity contribution < 1.29 is 13.2 Å². The number of alkyl halides is 3. The Morgan fingerprint density at radius 3 is 1.94 bits per heavy atom. The van der Waals surface area contributed by atoms with Crippen molar-refractivity contribution in [3.8, 4) is 0 Å². The molecule has 94 valence electrons. The van der Waals surface area contributed by atoms with Crippen molar-refractivity contribution in [3.05, 3.63) is 0 Å². The van der Waals surface area contributed by atoms with Gasteiger partial charge < -0.3 is 4.90 Å². The van der Waals surface area contributed by atoms with Gasteiger partial charge in [-0.2, -0.15) is 13.2 Å². The molecule has 5 heteroatoms. The maximum Gasteiger partial charge on any atom is 0.401 e. The molecule has 2 unspecified atom stereocenters. The number of fused-ring (bicyclic) bond motifs is 1. The molecule has 2 saturated heterocycles. The lowest BCUT2D eigenvalue weighted by Crippen LogP contribution is -2.35. The highest BCUT2D eigenvalue weighted by atomic mass is 19.4. The second-order valence-corrected chi connectivity index (χ2v) is 5.09. The van der Waals surface area contributed by atoms with Crippen LogP contribution in [0.3, 0.4) is 0 Å². The number of likely N-dealkylation sites (tertiary alicyclic amines) is 2. The van der Waals surface area contributed by atoms with Gasteiger partial charge in [-0.3, -0.25) is 4.90 Å². The topological polar surface area (TPSA) is 6.48 Å². The number of halogens is 3. The van der Waals surface area contributed by atoms with Crippen LogP contribution in [0.25, 0.3) is 0 Å². The summed E-state index contributed by atoms with van der Waals surface area (Å²) in [5.41, 5.74) is 0. The van der Waals surface area contributed by atoms with Gasteiger partial charge in [0, 0.05) is 26.2 Å². The Morgan fingerprint density at radius 2 is 1.50 bits per heavy atom. The van der Waals surface area contributed by atoms with Crippen LogP contribution < -0.4 is 0 Å². The fraction of sp³-hybridized carbons (Fsp3) is 1.00. The molecule has 0 aromatic carbocycles. The third-order valence-electron chi connectivity index (χ3n) is 3.58. The van der Waals surface area contributed by atoms with Gasteiger partial charge in [-0.05, 0) is 24.8 Å². The summed E-state index contributed by atoms with van der Waals surface area (Å²) in [4.78, 5) is 3.96. The van der Waals surface area contributed by atoms with Crippen molar-refractivity contribution in [2.75, 3.05) is 39.3 Å². The van der Waals surface area contributed by atoms with Crippen molar-refractivity contribution in [1.82, 2.24) is 9.80 Å². The minimum absolute atomic E-state index is 0.467. The van der Waals surface area contributed by atoms with Crippen LogP contribution in [-0.4, -0.2) is 55.2 Å². The molecule has 0 aromatic heterocycles. The molecule has 2 atom stereocenters. The summed E-state index contributed by atoms with van der Waals surface area (Å²) in [5, 5.41) is 0. The van der Waals surface area contributed by atoms with E-state index in [1.165, 1.54) is 0 Å². The van der Waals surface area contributed by atoms with Gasteiger partial charge in [0.2, 0.25) is 0 Å². The Bertz CT molecular complexity index is 228. The fourth-order valence-corrected chi connectivity index (χ4v) is 3.07. The molecule has 2 fully saturated rings. The zero-order valence-electron chi connectivity index (χ0n) is 9.63. The molecule has 16 heavy (non-hydrogen) atoms. The minimum atomic E-state index is -4.04. The number of hydrogen-bond donors (Lipinski definition) is 0. The number of rotatable bonds is 3. The van der Waals surface area contributed by atoms with Gasteiger partial charge in [-0.1, -0.05) is 6.92 Å². The molecule has 0 N–H and O–H groups in total. The molecule has 0 saturated carbocycles. The first-order chi connectivity index (χ1) is 7.48. The molecular weight excluding hydrogens is 217 g/mol. The monoisotopic (exact) mass is 236 g/mol. The maximum atomic E-state index is 12.2. The zero-order chi connectivity index (χ0) is 11.8. The smallest absolute Gasteiger partial charge is 0.303 e. The summed E-state index contributed by atoms with van der Waals surface area (Å²) < 4.78 is 36.7. The molecule has 0 amide bonds. The molecule has 2 heterocycles. The van der Waals surface area contributed by atoms with Crippen LogP contribution in [0.5, 0.6) is 0 Å². The SMILES string of the molecule is CCCN1CC2CN(CC(F)(F)F)CC2C1. The standard InChI is InChI=1S/C11H19F3N2/c1-2-3-15-4-9-6-16(7-10(9)5-15)8-11(12,13)14/h9-10H,2-8H2,1H3. The average molecular weight is 236 g/mol. The summed E-state index contributed by atoms with van der Waals surface area (Å²) in [7, 11) is 0. The van der Waals surface area contributed by atoms with Crippen LogP contribution in [-0.2, 0) is 0 Å².